The van der Waals surface area contributed by atoms with Crippen LogP contribution in [0.3, 0.4) is 0 Å². The number of morpholine rings is 1. The van der Waals surface area contributed by atoms with E-state index in [1.54, 1.807) is 11.3 Å². The molecule has 0 unspecified atom stereocenters. The number of pyridine rings is 1. The minimum Gasteiger partial charge on any atom is -0.378 e. The summed E-state index contributed by atoms with van der Waals surface area (Å²) in [4.78, 5) is 17.1. The zero-order chi connectivity index (χ0) is 21.2. The lowest BCUT2D eigenvalue weighted by molar-refractivity contribution is 0.122. The summed E-state index contributed by atoms with van der Waals surface area (Å²) >= 11 is 1.77. The van der Waals surface area contributed by atoms with Crippen molar-refractivity contribution < 1.29 is 4.74 Å². The van der Waals surface area contributed by atoms with Crippen LogP contribution in [0.2, 0.25) is 0 Å². The fourth-order valence-electron chi connectivity index (χ4n) is 4.68. The highest BCUT2D eigenvalue weighted by Crippen LogP contribution is 2.32. The molecule has 5 rings (SSSR count). The molecule has 0 spiro atoms. The Balaban J connectivity index is 1.29. The van der Waals surface area contributed by atoms with Gasteiger partial charge >= 0.3 is 0 Å². The summed E-state index contributed by atoms with van der Waals surface area (Å²) in [6.45, 7) is 13.1. The Morgan fingerprint density at radius 2 is 1.90 bits per heavy atom. The molecule has 31 heavy (non-hydrogen) atoms. The van der Waals surface area contributed by atoms with Gasteiger partial charge in [-0.1, -0.05) is 6.07 Å². The molecule has 0 atom stereocenters. The molecule has 4 heterocycles. The molecule has 0 saturated carbocycles. The smallest absolute Gasteiger partial charge is 0.185 e. The molecule has 1 aromatic carbocycles. The van der Waals surface area contributed by atoms with Crippen LogP contribution >= 0.6 is 11.3 Å². The van der Waals surface area contributed by atoms with Gasteiger partial charge in [0.25, 0.3) is 0 Å². The van der Waals surface area contributed by atoms with Crippen molar-refractivity contribution in [2.24, 2.45) is 0 Å². The number of aryl methyl sites for hydroxylation is 1. The molecule has 0 amide bonds. The molecular formula is C24H31N5OS. The number of thiazole rings is 1. The fraction of sp³-hybridized carbons (Fsp3) is 0.500. The van der Waals surface area contributed by atoms with E-state index >= 15 is 0 Å². The molecule has 0 radical (unpaired) electrons. The molecule has 2 aromatic heterocycles. The average Bonchev–Trinajstić information content (AvgIpc) is 3.14. The van der Waals surface area contributed by atoms with Crippen LogP contribution in [0, 0.1) is 13.8 Å². The van der Waals surface area contributed by atoms with Crippen LogP contribution in [0.4, 0.5) is 10.8 Å². The summed E-state index contributed by atoms with van der Waals surface area (Å²) in [6, 6.07) is 6.47. The maximum atomic E-state index is 5.47. The molecule has 2 saturated heterocycles. The van der Waals surface area contributed by atoms with Crippen LogP contribution in [0.1, 0.15) is 23.2 Å². The van der Waals surface area contributed by atoms with Crippen LogP contribution in [0.25, 0.3) is 10.9 Å². The van der Waals surface area contributed by atoms with Crippen molar-refractivity contribution in [3.63, 3.8) is 0 Å². The van der Waals surface area contributed by atoms with Gasteiger partial charge in [-0.3, -0.25) is 9.88 Å². The van der Waals surface area contributed by atoms with Gasteiger partial charge in [0, 0.05) is 62.8 Å². The number of aromatic nitrogens is 2. The number of benzene rings is 1. The van der Waals surface area contributed by atoms with Gasteiger partial charge in [-0.05, 0) is 43.5 Å². The normalized spacial score (nSPS) is 18.5. The highest BCUT2D eigenvalue weighted by molar-refractivity contribution is 7.13. The van der Waals surface area contributed by atoms with Gasteiger partial charge in [0.15, 0.2) is 5.13 Å². The molecular weight excluding hydrogens is 406 g/mol. The zero-order valence-corrected chi connectivity index (χ0v) is 19.3. The number of fused-ring (bicyclic) bond motifs is 1. The summed E-state index contributed by atoms with van der Waals surface area (Å²) in [5.74, 6) is 0. The van der Waals surface area contributed by atoms with Crippen LogP contribution in [0.5, 0.6) is 0 Å². The maximum absolute atomic E-state index is 5.47. The molecule has 164 valence electrons. The van der Waals surface area contributed by atoms with Crippen molar-refractivity contribution in [1.29, 1.82) is 0 Å². The zero-order valence-electron chi connectivity index (χ0n) is 18.5. The number of hydrogen-bond acceptors (Lipinski definition) is 7. The van der Waals surface area contributed by atoms with Crippen LogP contribution in [-0.4, -0.2) is 67.4 Å². The van der Waals surface area contributed by atoms with Crippen molar-refractivity contribution in [2.75, 3.05) is 62.3 Å². The lowest BCUT2D eigenvalue weighted by Crippen LogP contribution is -2.36. The number of ether oxygens (including phenoxy) is 1. The lowest BCUT2D eigenvalue weighted by atomic mass is 10.0. The van der Waals surface area contributed by atoms with E-state index in [9.17, 15) is 0 Å². The second-order valence-corrected chi connectivity index (χ2v) is 9.42. The average molecular weight is 438 g/mol. The Hall–Kier alpha value is -2.22. The number of rotatable bonds is 4. The molecule has 0 N–H and O–H groups in total. The minimum atomic E-state index is 0.804. The SMILES string of the molecule is Cc1cc2cccnc2c(N2CCCN(Cc3csc(N4CCOCC4)n3)CC2)c1C. The summed E-state index contributed by atoms with van der Waals surface area (Å²) in [7, 11) is 0. The Morgan fingerprint density at radius 1 is 1.03 bits per heavy atom. The molecule has 0 bridgehead atoms. The van der Waals surface area contributed by atoms with Gasteiger partial charge < -0.3 is 14.5 Å². The predicted molar refractivity (Wildman–Crippen MR) is 128 cm³/mol. The van der Waals surface area contributed by atoms with Crippen molar-refractivity contribution >= 4 is 33.1 Å². The topological polar surface area (TPSA) is 44.7 Å². The van der Waals surface area contributed by atoms with E-state index in [1.807, 2.05) is 12.3 Å². The van der Waals surface area contributed by atoms with E-state index < -0.39 is 0 Å². The number of hydrogen-bond donors (Lipinski definition) is 0. The first-order valence-corrected chi connectivity index (χ1v) is 12.2. The molecule has 6 nitrogen and oxygen atoms in total. The summed E-state index contributed by atoms with van der Waals surface area (Å²) in [5.41, 5.74) is 6.34. The monoisotopic (exact) mass is 437 g/mol. The predicted octanol–water partition coefficient (Wildman–Crippen LogP) is 3.86. The molecule has 2 fully saturated rings. The minimum absolute atomic E-state index is 0.804. The molecule has 2 aliphatic rings. The number of nitrogens with zero attached hydrogens (tertiary/aromatic N) is 5. The van der Waals surface area contributed by atoms with E-state index in [0.29, 0.717) is 0 Å². The molecule has 7 heteroatoms. The van der Waals surface area contributed by atoms with Crippen LogP contribution in [0.15, 0.2) is 29.8 Å². The van der Waals surface area contributed by atoms with E-state index in [0.717, 1.165) is 76.1 Å². The third kappa shape index (κ3) is 4.40. The van der Waals surface area contributed by atoms with Gasteiger partial charge in [0.05, 0.1) is 30.1 Å². The first-order valence-electron chi connectivity index (χ1n) is 11.3. The molecule has 0 aliphatic carbocycles. The van der Waals surface area contributed by atoms with Crippen molar-refractivity contribution in [2.45, 2.75) is 26.8 Å². The summed E-state index contributed by atoms with van der Waals surface area (Å²) in [6.07, 6.45) is 3.07. The van der Waals surface area contributed by atoms with Gasteiger partial charge in [0.1, 0.15) is 0 Å². The lowest BCUT2D eigenvalue weighted by Gasteiger charge is -2.27. The van der Waals surface area contributed by atoms with Crippen LogP contribution < -0.4 is 9.80 Å². The first-order chi connectivity index (χ1) is 15.2. The molecule has 2 aliphatic heterocycles. The van der Waals surface area contributed by atoms with Crippen molar-refractivity contribution in [3.8, 4) is 0 Å². The molecule has 3 aromatic rings. The van der Waals surface area contributed by atoms with E-state index in [2.05, 4.69) is 46.1 Å². The van der Waals surface area contributed by atoms with Gasteiger partial charge in [-0.2, -0.15) is 0 Å². The van der Waals surface area contributed by atoms with Crippen LogP contribution in [-0.2, 0) is 11.3 Å². The standard InChI is InChI=1S/C24H31N5OS/c1-18-15-20-5-3-6-25-22(20)23(19(18)2)28-8-4-7-27(9-10-28)16-21-17-31-24(26-21)29-11-13-30-14-12-29/h3,5-6,15,17H,4,7-14,16H2,1-2H3. The first kappa shape index (κ1) is 20.7. The Kier molecular flexibility index (Phi) is 6.07. The van der Waals surface area contributed by atoms with Gasteiger partial charge in [-0.15, -0.1) is 11.3 Å². The third-order valence-corrected chi connectivity index (χ3v) is 7.44. The van der Waals surface area contributed by atoms with Crippen molar-refractivity contribution in [1.82, 2.24) is 14.9 Å². The number of anilines is 2. The van der Waals surface area contributed by atoms with Crippen molar-refractivity contribution in [3.05, 3.63) is 46.6 Å². The Morgan fingerprint density at radius 3 is 2.77 bits per heavy atom. The fourth-order valence-corrected chi connectivity index (χ4v) is 5.55. The third-order valence-electron chi connectivity index (χ3n) is 6.49. The van der Waals surface area contributed by atoms with E-state index in [1.165, 1.54) is 27.9 Å². The Bertz CT molecular complexity index is 1050. The highest BCUT2D eigenvalue weighted by Gasteiger charge is 2.21. The van der Waals surface area contributed by atoms with Gasteiger partial charge in [0.2, 0.25) is 0 Å². The van der Waals surface area contributed by atoms with Gasteiger partial charge in [-0.25, -0.2) is 4.98 Å². The quantitative estimate of drug-likeness (QED) is 0.618. The van der Waals surface area contributed by atoms with E-state index in [4.69, 9.17) is 14.7 Å². The second-order valence-electron chi connectivity index (χ2n) is 8.58. The largest absolute Gasteiger partial charge is 0.378 e. The highest BCUT2D eigenvalue weighted by atomic mass is 32.1. The summed E-state index contributed by atoms with van der Waals surface area (Å²) in [5, 5.41) is 4.61. The Labute approximate surface area is 188 Å². The van der Waals surface area contributed by atoms with E-state index in [-0.39, 0.29) is 0 Å². The summed E-state index contributed by atoms with van der Waals surface area (Å²) < 4.78 is 5.47. The maximum Gasteiger partial charge on any atom is 0.185 e. The second kappa shape index (κ2) is 9.10.